The van der Waals surface area contributed by atoms with Crippen molar-refractivity contribution in [2.75, 3.05) is 13.1 Å². The van der Waals surface area contributed by atoms with Crippen LogP contribution in [0.5, 0.6) is 0 Å². The minimum Gasteiger partial charge on any atom is -0.478 e. The van der Waals surface area contributed by atoms with Gasteiger partial charge in [0, 0.05) is 13.1 Å². The SMILES string of the molecule is CC(C)(C)OC(=O)N1CCC(c2cc(C(=O)O)cc(C(F)(F)F)c2)CC1. The number of carboxylic acids is 1. The zero-order valence-corrected chi connectivity index (χ0v) is 14.9. The van der Waals surface area contributed by atoms with E-state index in [0.717, 1.165) is 6.07 Å². The molecule has 1 aliphatic heterocycles. The van der Waals surface area contributed by atoms with Gasteiger partial charge in [-0.25, -0.2) is 9.59 Å². The number of rotatable bonds is 2. The average molecular weight is 373 g/mol. The van der Waals surface area contributed by atoms with Crippen molar-refractivity contribution in [3.8, 4) is 0 Å². The molecule has 0 saturated carbocycles. The molecule has 0 aromatic heterocycles. The van der Waals surface area contributed by atoms with Crippen LogP contribution in [0.1, 0.15) is 61.0 Å². The Balaban J connectivity index is 2.15. The molecule has 0 bridgehead atoms. The fraction of sp³-hybridized carbons (Fsp3) is 0.556. The van der Waals surface area contributed by atoms with Crippen LogP contribution in [0.4, 0.5) is 18.0 Å². The smallest absolute Gasteiger partial charge is 0.416 e. The van der Waals surface area contributed by atoms with Crippen molar-refractivity contribution in [3.05, 3.63) is 34.9 Å². The second-order valence-corrected chi connectivity index (χ2v) is 7.39. The highest BCUT2D eigenvalue weighted by molar-refractivity contribution is 5.88. The van der Waals surface area contributed by atoms with Crippen LogP contribution in [0.15, 0.2) is 18.2 Å². The highest BCUT2D eigenvalue weighted by Gasteiger charge is 2.33. The van der Waals surface area contributed by atoms with Crippen molar-refractivity contribution < 1.29 is 32.6 Å². The molecule has 2 rings (SSSR count). The van der Waals surface area contributed by atoms with E-state index < -0.39 is 29.4 Å². The molecule has 1 amide bonds. The van der Waals surface area contributed by atoms with Crippen LogP contribution in [-0.2, 0) is 10.9 Å². The predicted molar refractivity (Wildman–Crippen MR) is 88.2 cm³/mol. The molecule has 144 valence electrons. The molecule has 0 unspecified atom stereocenters. The second kappa shape index (κ2) is 7.17. The maximum atomic E-state index is 13.0. The van der Waals surface area contributed by atoms with Crippen LogP contribution in [0.25, 0.3) is 0 Å². The lowest BCUT2D eigenvalue weighted by Crippen LogP contribution is -2.41. The number of carbonyl (C=O) groups excluding carboxylic acids is 1. The van der Waals surface area contributed by atoms with Crippen molar-refractivity contribution in [3.63, 3.8) is 0 Å². The van der Waals surface area contributed by atoms with Crippen LogP contribution in [0, 0.1) is 0 Å². The molecule has 0 spiro atoms. The number of ether oxygens (including phenoxy) is 1. The molecule has 1 N–H and O–H groups in total. The summed E-state index contributed by atoms with van der Waals surface area (Å²) >= 11 is 0. The molecule has 0 atom stereocenters. The van der Waals surface area contributed by atoms with Gasteiger partial charge in [-0.2, -0.15) is 13.2 Å². The predicted octanol–water partition coefficient (Wildman–Crippen LogP) is 4.52. The number of carbonyl (C=O) groups is 2. The van der Waals surface area contributed by atoms with E-state index in [9.17, 15) is 22.8 Å². The van der Waals surface area contributed by atoms with Crippen molar-refractivity contribution in [1.82, 2.24) is 4.90 Å². The van der Waals surface area contributed by atoms with Gasteiger partial charge in [0.05, 0.1) is 11.1 Å². The maximum Gasteiger partial charge on any atom is 0.416 e. The molecule has 26 heavy (non-hydrogen) atoms. The molecule has 1 aliphatic rings. The quantitative estimate of drug-likeness (QED) is 0.828. The molecule has 0 radical (unpaired) electrons. The Labute approximate surface area is 149 Å². The molecule has 1 heterocycles. The van der Waals surface area contributed by atoms with E-state index in [-0.39, 0.29) is 11.5 Å². The van der Waals surface area contributed by atoms with E-state index in [1.807, 2.05) is 0 Å². The first-order valence-corrected chi connectivity index (χ1v) is 8.30. The van der Waals surface area contributed by atoms with E-state index in [1.165, 1.54) is 11.0 Å². The zero-order chi connectivity index (χ0) is 19.7. The largest absolute Gasteiger partial charge is 0.478 e. The fourth-order valence-corrected chi connectivity index (χ4v) is 2.90. The zero-order valence-electron chi connectivity index (χ0n) is 14.9. The van der Waals surface area contributed by atoms with Gasteiger partial charge in [-0.15, -0.1) is 0 Å². The minimum atomic E-state index is -4.61. The molecular weight excluding hydrogens is 351 g/mol. The first-order valence-electron chi connectivity index (χ1n) is 8.30. The number of aromatic carboxylic acids is 1. The number of alkyl halides is 3. The van der Waals surface area contributed by atoms with Gasteiger partial charge in [-0.3, -0.25) is 0 Å². The molecule has 8 heteroatoms. The third kappa shape index (κ3) is 5.12. The Morgan fingerprint density at radius 3 is 2.15 bits per heavy atom. The topological polar surface area (TPSA) is 66.8 Å². The lowest BCUT2D eigenvalue weighted by molar-refractivity contribution is -0.137. The number of benzene rings is 1. The Morgan fingerprint density at radius 2 is 1.69 bits per heavy atom. The first-order chi connectivity index (χ1) is 11.9. The number of likely N-dealkylation sites (tertiary alicyclic amines) is 1. The van der Waals surface area contributed by atoms with Crippen molar-refractivity contribution in [2.45, 2.75) is 51.3 Å². The number of hydrogen-bond donors (Lipinski definition) is 1. The van der Waals surface area contributed by atoms with Crippen LogP contribution in [0.3, 0.4) is 0 Å². The minimum absolute atomic E-state index is 0.242. The first kappa shape index (κ1) is 20.1. The number of nitrogens with zero attached hydrogens (tertiary/aromatic N) is 1. The standard InChI is InChI=1S/C18H22F3NO4/c1-17(2,3)26-16(25)22-6-4-11(5-7-22)12-8-13(15(23)24)10-14(9-12)18(19,20)21/h8-11H,4-7H2,1-3H3,(H,23,24). The van der Waals surface area contributed by atoms with E-state index in [4.69, 9.17) is 9.84 Å². The van der Waals surface area contributed by atoms with Gasteiger partial charge in [0.25, 0.3) is 0 Å². The summed E-state index contributed by atoms with van der Waals surface area (Å²) in [6, 6.07) is 2.92. The normalized spacial score (nSPS) is 16.5. The van der Waals surface area contributed by atoms with Gasteiger partial charge in [0.2, 0.25) is 0 Å². The summed E-state index contributed by atoms with van der Waals surface area (Å²) < 4.78 is 44.4. The molecule has 1 fully saturated rings. The van der Waals surface area contributed by atoms with Gasteiger partial charge in [-0.05, 0) is 63.3 Å². The Bertz CT molecular complexity index is 687. The van der Waals surface area contributed by atoms with Gasteiger partial charge < -0.3 is 14.7 Å². The van der Waals surface area contributed by atoms with Crippen molar-refractivity contribution in [1.29, 1.82) is 0 Å². The molecule has 0 aliphatic carbocycles. The number of piperidine rings is 1. The van der Waals surface area contributed by atoms with E-state index in [2.05, 4.69) is 0 Å². The van der Waals surface area contributed by atoms with Gasteiger partial charge in [0.1, 0.15) is 5.60 Å². The van der Waals surface area contributed by atoms with Crippen LogP contribution < -0.4 is 0 Å². The molecule has 5 nitrogen and oxygen atoms in total. The maximum absolute atomic E-state index is 13.0. The van der Waals surface area contributed by atoms with Gasteiger partial charge in [-0.1, -0.05) is 0 Å². The highest BCUT2D eigenvalue weighted by Crippen LogP contribution is 2.35. The molecular formula is C18H22F3NO4. The average Bonchev–Trinajstić information content (AvgIpc) is 2.52. The number of amides is 1. The lowest BCUT2D eigenvalue weighted by atomic mass is 9.87. The Kier molecular flexibility index (Phi) is 5.53. The monoisotopic (exact) mass is 373 g/mol. The fourth-order valence-electron chi connectivity index (χ4n) is 2.90. The lowest BCUT2D eigenvalue weighted by Gasteiger charge is -2.33. The summed E-state index contributed by atoms with van der Waals surface area (Å²) in [5.41, 5.74) is -1.64. The van der Waals surface area contributed by atoms with Crippen molar-refractivity contribution in [2.24, 2.45) is 0 Å². The van der Waals surface area contributed by atoms with E-state index >= 15 is 0 Å². The summed E-state index contributed by atoms with van der Waals surface area (Å²) in [5, 5.41) is 9.08. The summed E-state index contributed by atoms with van der Waals surface area (Å²) in [6.45, 7) is 5.96. The second-order valence-electron chi connectivity index (χ2n) is 7.39. The molecule has 1 saturated heterocycles. The number of hydrogen-bond acceptors (Lipinski definition) is 3. The number of carboxylic acid groups (broad SMARTS) is 1. The highest BCUT2D eigenvalue weighted by atomic mass is 19.4. The third-order valence-corrected chi connectivity index (χ3v) is 4.15. The Hall–Kier alpha value is -2.25. The molecule has 1 aromatic rings. The third-order valence-electron chi connectivity index (χ3n) is 4.15. The van der Waals surface area contributed by atoms with Crippen LogP contribution in [0.2, 0.25) is 0 Å². The van der Waals surface area contributed by atoms with Crippen molar-refractivity contribution >= 4 is 12.1 Å². The molecule has 1 aromatic carbocycles. The van der Waals surface area contributed by atoms with E-state index in [0.29, 0.717) is 37.6 Å². The number of halogens is 3. The Morgan fingerprint density at radius 1 is 1.12 bits per heavy atom. The summed E-state index contributed by atoms with van der Waals surface area (Å²) in [4.78, 5) is 24.7. The van der Waals surface area contributed by atoms with Crippen LogP contribution in [-0.4, -0.2) is 40.8 Å². The summed E-state index contributed by atoms with van der Waals surface area (Å²) in [7, 11) is 0. The van der Waals surface area contributed by atoms with Gasteiger partial charge >= 0.3 is 18.2 Å². The van der Waals surface area contributed by atoms with Crippen LogP contribution >= 0.6 is 0 Å². The summed E-state index contributed by atoms with van der Waals surface area (Å²) in [6.07, 6.45) is -4.18. The van der Waals surface area contributed by atoms with Gasteiger partial charge in [0.15, 0.2) is 0 Å². The summed E-state index contributed by atoms with van der Waals surface area (Å²) in [5.74, 6) is -1.64. The van der Waals surface area contributed by atoms with E-state index in [1.54, 1.807) is 20.8 Å².